The molecule has 8 heteroatoms. The summed E-state index contributed by atoms with van der Waals surface area (Å²) in [7, 11) is 1.37. The molecule has 0 aliphatic heterocycles. The van der Waals surface area contributed by atoms with Gasteiger partial charge in [-0.15, -0.1) is 0 Å². The number of amides is 1. The first-order chi connectivity index (χ1) is 10.5. The van der Waals surface area contributed by atoms with Crippen molar-refractivity contribution in [2.24, 2.45) is 7.05 Å². The average Bonchev–Trinajstić information content (AvgIpc) is 3.02. The summed E-state index contributed by atoms with van der Waals surface area (Å²) in [5.74, 6) is -0.248. The Morgan fingerprint density at radius 2 is 2.23 bits per heavy atom. The van der Waals surface area contributed by atoms with E-state index in [9.17, 15) is 14.4 Å². The predicted molar refractivity (Wildman–Crippen MR) is 80.6 cm³/mol. The van der Waals surface area contributed by atoms with Gasteiger partial charge in [0.05, 0.1) is 12.7 Å². The number of carbonyl (C=O) groups is 1. The van der Waals surface area contributed by atoms with Crippen LogP contribution in [0.2, 0.25) is 0 Å². The Morgan fingerprint density at radius 1 is 1.45 bits per heavy atom. The number of aromatic amines is 1. The van der Waals surface area contributed by atoms with E-state index in [0.717, 1.165) is 11.0 Å². The van der Waals surface area contributed by atoms with Crippen LogP contribution in [0.5, 0.6) is 0 Å². The van der Waals surface area contributed by atoms with Crippen LogP contribution in [0.25, 0.3) is 0 Å². The Hall–Kier alpha value is -2.64. The second-order valence-corrected chi connectivity index (χ2v) is 5.16. The minimum atomic E-state index is -0.497. The summed E-state index contributed by atoms with van der Waals surface area (Å²) >= 11 is 0. The van der Waals surface area contributed by atoms with Crippen LogP contribution < -0.4 is 16.6 Å². The molecule has 2 rings (SSSR count). The maximum absolute atomic E-state index is 11.9. The zero-order valence-corrected chi connectivity index (χ0v) is 12.6. The van der Waals surface area contributed by atoms with Crippen molar-refractivity contribution in [1.82, 2.24) is 24.4 Å². The highest BCUT2D eigenvalue weighted by Gasteiger charge is 2.10. The lowest BCUT2D eigenvalue weighted by molar-refractivity contribution is -0.120. The van der Waals surface area contributed by atoms with Crippen molar-refractivity contribution in [2.75, 3.05) is 6.54 Å². The van der Waals surface area contributed by atoms with Crippen molar-refractivity contribution < 1.29 is 4.79 Å². The average molecular weight is 305 g/mol. The first kappa shape index (κ1) is 15.7. The lowest BCUT2D eigenvalue weighted by atomic mass is 10.2. The fourth-order valence-corrected chi connectivity index (χ4v) is 2.08. The predicted octanol–water partition coefficient (Wildman–Crippen LogP) is -0.420. The number of hydrogen-bond acceptors (Lipinski definition) is 4. The van der Waals surface area contributed by atoms with Gasteiger partial charge >= 0.3 is 5.69 Å². The lowest BCUT2D eigenvalue weighted by Gasteiger charge is -2.13. The molecule has 0 aliphatic carbocycles. The summed E-state index contributed by atoms with van der Waals surface area (Å²) in [4.78, 5) is 41.3. The number of imidazole rings is 1. The van der Waals surface area contributed by atoms with Crippen LogP contribution in [0.4, 0.5) is 0 Å². The molecule has 0 saturated heterocycles. The van der Waals surface area contributed by atoms with Gasteiger partial charge in [0.1, 0.15) is 0 Å². The summed E-state index contributed by atoms with van der Waals surface area (Å²) in [5.41, 5.74) is -0.684. The van der Waals surface area contributed by atoms with Gasteiger partial charge in [-0.3, -0.25) is 14.2 Å². The molecular formula is C14H19N5O3. The van der Waals surface area contributed by atoms with Gasteiger partial charge in [-0.25, -0.2) is 9.78 Å². The summed E-state index contributed by atoms with van der Waals surface area (Å²) in [6, 6.07) is 0.226. The maximum Gasteiger partial charge on any atom is 0.328 e. The minimum Gasteiger partial charge on any atom is -0.356 e. The van der Waals surface area contributed by atoms with Crippen LogP contribution in [-0.2, 0) is 18.3 Å². The maximum atomic E-state index is 11.9. The number of nitrogens with one attached hydrogen (secondary N) is 2. The van der Waals surface area contributed by atoms with Gasteiger partial charge < -0.3 is 14.9 Å². The van der Waals surface area contributed by atoms with E-state index in [1.807, 2.05) is 17.7 Å². The van der Waals surface area contributed by atoms with Crippen LogP contribution in [-0.4, -0.2) is 31.6 Å². The topological polar surface area (TPSA) is 102 Å². The van der Waals surface area contributed by atoms with Crippen molar-refractivity contribution in [3.63, 3.8) is 0 Å². The van der Waals surface area contributed by atoms with Crippen LogP contribution in [0, 0.1) is 0 Å². The molecule has 2 aromatic heterocycles. The van der Waals surface area contributed by atoms with Gasteiger partial charge in [-0.2, -0.15) is 0 Å². The third-order valence-corrected chi connectivity index (χ3v) is 3.52. The quantitative estimate of drug-likeness (QED) is 0.756. The smallest absolute Gasteiger partial charge is 0.328 e. The summed E-state index contributed by atoms with van der Waals surface area (Å²) in [6.45, 7) is 2.54. The second-order valence-electron chi connectivity index (χ2n) is 5.16. The largest absolute Gasteiger partial charge is 0.356 e. The number of rotatable bonds is 6. The Bertz CT molecular complexity index is 745. The normalized spacial score (nSPS) is 12.1. The van der Waals surface area contributed by atoms with Crippen LogP contribution >= 0.6 is 0 Å². The summed E-state index contributed by atoms with van der Waals surface area (Å²) in [6.07, 6.45) is 7.31. The zero-order valence-electron chi connectivity index (χ0n) is 12.6. The van der Waals surface area contributed by atoms with Gasteiger partial charge in [-0.05, 0) is 13.3 Å². The van der Waals surface area contributed by atoms with E-state index in [-0.39, 0.29) is 23.9 Å². The Morgan fingerprint density at radius 3 is 2.91 bits per heavy atom. The molecule has 1 unspecified atom stereocenters. The van der Waals surface area contributed by atoms with Crippen LogP contribution in [0.15, 0.2) is 34.5 Å². The molecule has 1 atom stereocenters. The van der Waals surface area contributed by atoms with Gasteiger partial charge in [0.25, 0.3) is 5.56 Å². The molecule has 2 N–H and O–H groups in total. The molecular weight excluding hydrogens is 286 g/mol. The molecule has 0 fully saturated rings. The molecule has 22 heavy (non-hydrogen) atoms. The molecule has 8 nitrogen and oxygen atoms in total. The van der Waals surface area contributed by atoms with E-state index in [1.165, 1.54) is 13.2 Å². The summed E-state index contributed by atoms with van der Waals surface area (Å²) in [5, 5.41) is 2.77. The third kappa shape index (κ3) is 3.72. The first-order valence-corrected chi connectivity index (χ1v) is 7.00. The van der Waals surface area contributed by atoms with Crippen molar-refractivity contribution in [1.29, 1.82) is 0 Å². The molecule has 2 aromatic rings. The van der Waals surface area contributed by atoms with E-state index in [4.69, 9.17) is 0 Å². The molecule has 2 heterocycles. The fraction of sp³-hybridized carbons (Fsp3) is 0.429. The van der Waals surface area contributed by atoms with E-state index < -0.39 is 11.2 Å². The molecule has 0 aromatic carbocycles. The fourth-order valence-electron chi connectivity index (χ4n) is 2.08. The van der Waals surface area contributed by atoms with E-state index in [1.54, 1.807) is 12.5 Å². The van der Waals surface area contributed by atoms with Crippen LogP contribution in [0.3, 0.4) is 0 Å². The second kappa shape index (κ2) is 6.88. The van der Waals surface area contributed by atoms with Crippen molar-refractivity contribution in [3.8, 4) is 0 Å². The number of H-pyrrole nitrogens is 1. The van der Waals surface area contributed by atoms with E-state index in [0.29, 0.717) is 6.54 Å². The highest BCUT2D eigenvalue weighted by molar-refractivity contribution is 5.78. The van der Waals surface area contributed by atoms with Crippen LogP contribution in [0.1, 0.15) is 24.9 Å². The summed E-state index contributed by atoms with van der Waals surface area (Å²) < 4.78 is 2.91. The van der Waals surface area contributed by atoms with Gasteiger partial charge in [0.2, 0.25) is 5.91 Å². The lowest BCUT2D eigenvalue weighted by Crippen LogP contribution is -2.36. The SMILES string of the molecule is CC(CCNC(=O)Cc1c[nH]c(=O)n(C)c1=O)n1ccnc1. The van der Waals surface area contributed by atoms with Gasteiger partial charge in [-0.1, -0.05) is 0 Å². The van der Waals surface area contributed by atoms with E-state index in [2.05, 4.69) is 15.3 Å². The molecule has 0 aliphatic rings. The Balaban J connectivity index is 1.85. The highest BCUT2D eigenvalue weighted by Crippen LogP contribution is 2.07. The molecule has 0 spiro atoms. The van der Waals surface area contributed by atoms with E-state index >= 15 is 0 Å². The zero-order chi connectivity index (χ0) is 16.1. The Kier molecular flexibility index (Phi) is 4.92. The first-order valence-electron chi connectivity index (χ1n) is 7.00. The third-order valence-electron chi connectivity index (χ3n) is 3.52. The molecule has 0 radical (unpaired) electrons. The molecule has 118 valence electrons. The van der Waals surface area contributed by atoms with Crippen molar-refractivity contribution >= 4 is 5.91 Å². The molecule has 1 amide bonds. The standard InChI is InChI=1S/C14H19N5O3/c1-10(19-6-5-15-9-19)3-4-16-12(20)7-11-8-17-14(22)18(2)13(11)21/h5-6,8-10H,3-4,7H2,1-2H3,(H,16,20)(H,17,22). The monoisotopic (exact) mass is 305 g/mol. The van der Waals surface area contributed by atoms with Gasteiger partial charge in [0, 0.05) is 43.8 Å². The van der Waals surface area contributed by atoms with Gasteiger partial charge in [0.15, 0.2) is 0 Å². The number of carbonyl (C=O) groups excluding carboxylic acids is 1. The number of aromatic nitrogens is 4. The highest BCUT2D eigenvalue weighted by atomic mass is 16.2. The number of hydrogen-bond donors (Lipinski definition) is 2. The molecule has 0 bridgehead atoms. The van der Waals surface area contributed by atoms with Crippen molar-refractivity contribution in [2.45, 2.75) is 25.8 Å². The molecule has 0 saturated carbocycles. The minimum absolute atomic E-state index is 0.0527. The van der Waals surface area contributed by atoms with Crippen molar-refractivity contribution in [3.05, 3.63) is 51.3 Å². The number of nitrogens with zero attached hydrogens (tertiary/aromatic N) is 3. The Labute approximate surface area is 126 Å².